The quantitative estimate of drug-likeness (QED) is 0.725. The summed E-state index contributed by atoms with van der Waals surface area (Å²) in [4.78, 5) is 14.4. The van der Waals surface area contributed by atoms with Crippen LogP contribution in [-0.4, -0.2) is 36.7 Å². The summed E-state index contributed by atoms with van der Waals surface area (Å²) < 4.78 is 27.0. The standard InChI is InChI=1S/C12H16ClN3O4S/c13-11-6-5-10(7-14-11)21(19,20)16-9-3-1-8(2-4-9)15-12(17)18/h5-9,15-16H,1-4H2,(H,17,18)/t8-,9-. The lowest BCUT2D eigenvalue weighted by Crippen LogP contribution is -2.43. The van der Waals surface area contributed by atoms with E-state index in [0.717, 1.165) is 0 Å². The fourth-order valence-corrected chi connectivity index (χ4v) is 3.70. The highest BCUT2D eigenvalue weighted by Crippen LogP contribution is 2.21. The third-order valence-corrected chi connectivity index (χ3v) is 5.12. The molecule has 1 amide bonds. The predicted octanol–water partition coefficient (Wildman–Crippen LogP) is 1.59. The average molecular weight is 334 g/mol. The van der Waals surface area contributed by atoms with E-state index in [9.17, 15) is 13.2 Å². The Bertz CT molecular complexity index is 597. The van der Waals surface area contributed by atoms with E-state index in [1.165, 1.54) is 18.3 Å². The fraction of sp³-hybridized carbons (Fsp3) is 0.500. The molecule has 1 aliphatic carbocycles. The number of amides is 1. The van der Waals surface area contributed by atoms with Crippen LogP contribution in [0.25, 0.3) is 0 Å². The van der Waals surface area contributed by atoms with Crippen molar-refractivity contribution in [1.29, 1.82) is 0 Å². The molecule has 1 aliphatic rings. The molecule has 1 aromatic heterocycles. The zero-order valence-corrected chi connectivity index (χ0v) is 12.7. The predicted molar refractivity (Wildman–Crippen MR) is 76.8 cm³/mol. The third-order valence-electron chi connectivity index (χ3n) is 3.39. The van der Waals surface area contributed by atoms with Crippen molar-refractivity contribution in [2.75, 3.05) is 0 Å². The molecule has 0 bridgehead atoms. The van der Waals surface area contributed by atoms with Crippen molar-refractivity contribution in [3.05, 3.63) is 23.5 Å². The van der Waals surface area contributed by atoms with E-state index in [2.05, 4.69) is 15.0 Å². The van der Waals surface area contributed by atoms with Gasteiger partial charge >= 0.3 is 6.09 Å². The minimum absolute atomic E-state index is 0.0673. The number of hydrogen-bond donors (Lipinski definition) is 3. The number of pyridine rings is 1. The molecule has 1 aromatic rings. The van der Waals surface area contributed by atoms with Gasteiger partial charge in [0.05, 0.1) is 0 Å². The zero-order chi connectivity index (χ0) is 15.5. The molecule has 2 rings (SSSR count). The van der Waals surface area contributed by atoms with Gasteiger partial charge < -0.3 is 10.4 Å². The van der Waals surface area contributed by atoms with E-state index in [4.69, 9.17) is 16.7 Å². The molecule has 3 N–H and O–H groups in total. The van der Waals surface area contributed by atoms with Crippen molar-refractivity contribution < 1.29 is 18.3 Å². The van der Waals surface area contributed by atoms with Gasteiger partial charge in [-0.05, 0) is 37.8 Å². The first kappa shape index (κ1) is 16.0. The SMILES string of the molecule is O=C(O)N[C@H]1CC[C@H](NS(=O)(=O)c2ccc(Cl)nc2)CC1. The number of carbonyl (C=O) groups is 1. The summed E-state index contributed by atoms with van der Waals surface area (Å²) in [5, 5.41) is 11.3. The number of nitrogens with zero attached hydrogens (tertiary/aromatic N) is 1. The molecule has 0 aliphatic heterocycles. The van der Waals surface area contributed by atoms with Gasteiger partial charge in [-0.3, -0.25) is 0 Å². The summed E-state index contributed by atoms with van der Waals surface area (Å²) in [5.74, 6) is 0. The van der Waals surface area contributed by atoms with E-state index in [-0.39, 0.29) is 22.1 Å². The van der Waals surface area contributed by atoms with Gasteiger partial charge in [-0.2, -0.15) is 0 Å². The molecule has 9 heteroatoms. The van der Waals surface area contributed by atoms with Gasteiger partial charge in [0.1, 0.15) is 10.0 Å². The maximum atomic E-state index is 12.2. The molecule has 0 aromatic carbocycles. The van der Waals surface area contributed by atoms with E-state index < -0.39 is 16.1 Å². The van der Waals surface area contributed by atoms with Crippen LogP contribution in [0.1, 0.15) is 25.7 Å². The van der Waals surface area contributed by atoms with Gasteiger partial charge in [0, 0.05) is 18.3 Å². The topological polar surface area (TPSA) is 108 Å². The smallest absolute Gasteiger partial charge is 0.404 e. The molecule has 0 atom stereocenters. The minimum atomic E-state index is -3.63. The van der Waals surface area contributed by atoms with E-state index >= 15 is 0 Å². The van der Waals surface area contributed by atoms with Gasteiger partial charge in [-0.25, -0.2) is 22.9 Å². The zero-order valence-electron chi connectivity index (χ0n) is 11.1. The molecule has 7 nitrogen and oxygen atoms in total. The van der Waals surface area contributed by atoms with Crippen molar-refractivity contribution in [1.82, 2.24) is 15.0 Å². The maximum absolute atomic E-state index is 12.2. The Morgan fingerprint density at radius 2 is 1.86 bits per heavy atom. The number of rotatable bonds is 4. The van der Waals surface area contributed by atoms with Crippen LogP contribution in [0.3, 0.4) is 0 Å². The highest BCUT2D eigenvalue weighted by molar-refractivity contribution is 7.89. The summed E-state index contributed by atoms with van der Waals surface area (Å²) >= 11 is 5.63. The maximum Gasteiger partial charge on any atom is 0.404 e. The lowest BCUT2D eigenvalue weighted by molar-refractivity contribution is 0.184. The van der Waals surface area contributed by atoms with Gasteiger partial charge in [0.15, 0.2) is 0 Å². The molecule has 0 radical (unpaired) electrons. The molecule has 0 unspecified atom stereocenters. The molecular formula is C12H16ClN3O4S. The van der Waals surface area contributed by atoms with Crippen LogP contribution in [0, 0.1) is 0 Å². The lowest BCUT2D eigenvalue weighted by Gasteiger charge is -2.28. The van der Waals surface area contributed by atoms with Crippen LogP contribution >= 0.6 is 11.6 Å². The van der Waals surface area contributed by atoms with Gasteiger partial charge in [-0.1, -0.05) is 11.6 Å². The molecule has 1 saturated carbocycles. The van der Waals surface area contributed by atoms with Crippen LogP contribution in [-0.2, 0) is 10.0 Å². The van der Waals surface area contributed by atoms with Crippen molar-refractivity contribution in [2.24, 2.45) is 0 Å². The minimum Gasteiger partial charge on any atom is -0.465 e. The number of hydrogen-bond acceptors (Lipinski definition) is 4. The largest absolute Gasteiger partial charge is 0.465 e. The highest BCUT2D eigenvalue weighted by Gasteiger charge is 2.26. The first-order valence-corrected chi connectivity index (χ1v) is 8.36. The molecule has 1 fully saturated rings. The summed E-state index contributed by atoms with van der Waals surface area (Å²) in [6.45, 7) is 0. The van der Waals surface area contributed by atoms with E-state index in [1.54, 1.807) is 0 Å². The van der Waals surface area contributed by atoms with E-state index in [1.807, 2.05) is 0 Å². The molecule has 21 heavy (non-hydrogen) atoms. The number of halogens is 1. The van der Waals surface area contributed by atoms with Crippen LogP contribution in [0.4, 0.5) is 4.79 Å². The second kappa shape index (κ2) is 6.59. The van der Waals surface area contributed by atoms with Crippen LogP contribution in [0.15, 0.2) is 23.2 Å². The van der Waals surface area contributed by atoms with Gasteiger partial charge in [0.2, 0.25) is 10.0 Å². The molecule has 1 heterocycles. The fourth-order valence-electron chi connectivity index (χ4n) is 2.34. The van der Waals surface area contributed by atoms with E-state index in [0.29, 0.717) is 25.7 Å². The lowest BCUT2D eigenvalue weighted by atomic mass is 9.92. The molecule has 0 spiro atoms. The van der Waals surface area contributed by atoms with Crippen LogP contribution < -0.4 is 10.0 Å². The second-order valence-corrected chi connectivity index (χ2v) is 7.04. The summed E-state index contributed by atoms with van der Waals surface area (Å²) in [5.41, 5.74) is 0. The Morgan fingerprint density at radius 3 is 2.38 bits per heavy atom. The second-order valence-electron chi connectivity index (χ2n) is 4.94. The monoisotopic (exact) mass is 333 g/mol. The highest BCUT2D eigenvalue weighted by atomic mass is 35.5. The van der Waals surface area contributed by atoms with Crippen molar-refractivity contribution in [2.45, 2.75) is 42.7 Å². The number of carboxylic acid groups (broad SMARTS) is 1. The van der Waals surface area contributed by atoms with Crippen molar-refractivity contribution >= 4 is 27.7 Å². The molecule has 116 valence electrons. The van der Waals surface area contributed by atoms with Crippen LogP contribution in [0.5, 0.6) is 0 Å². The number of nitrogens with one attached hydrogen (secondary N) is 2. The van der Waals surface area contributed by atoms with Crippen molar-refractivity contribution in [3.63, 3.8) is 0 Å². The Kier molecular flexibility index (Phi) is 5.02. The Labute approximate surface area is 127 Å². The molecular weight excluding hydrogens is 318 g/mol. The van der Waals surface area contributed by atoms with Crippen LogP contribution in [0.2, 0.25) is 5.15 Å². The first-order chi connectivity index (χ1) is 9.87. The summed E-state index contributed by atoms with van der Waals surface area (Å²) in [7, 11) is -3.63. The van der Waals surface area contributed by atoms with Crippen molar-refractivity contribution in [3.8, 4) is 0 Å². The normalized spacial score (nSPS) is 22.7. The Balaban J connectivity index is 1.93. The Hall–Kier alpha value is -1.38. The molecule has 0 saturated heterocycles. The Morgan fingerprint density at radius 1 is 1.24 bits per heavy atom. The first-order valence-electron chi connectivity index (χ1n) is 6.50. The third kappa shape index (κ3) is 4.55. The average Bonchev–Trinajstić information content (AvgIpc) is 2.40. The van der Waals surface area contributed by atoms with Gasteiger partial charge in [0.25, 0.3) is 0 Å². The number of sulfonamides is 1. The number of aromatic nitrogens is 1. The summed E-state index contributed by atoms with van der Waals surface area (Å²) in [6, 6.07) is 2.51. The van der Waals surface area contributed by atoms with Gasteiger partial charge in [-0.15, -0.1) is 0 Å². The summed E-state index contributed by atoms with van der Waals surface area (Å²) in [6.07, 6.45) is 2.56.